The fourth-order valence-electron chi connectivity index (χ4n) is 4.45. The second kappa shape index (κ2) is 9.86. The molecular weight excluding hydrogens is 432 g/mol. The van der Waals surface area contributed by atoms with Crippen LogP contribution in [0.15, 0.2) is 23.1 Å². The van der Waals surface area contributed by atoms with Crippen molar-refractivity contribution >= 4 is 21.8 Å². The summed E-state index contributed by atoms with van der Waals surface area (Å²) in [5.41, 5.74) is 1.20. The molecule has 4 rings (SSSR count). The molecule has 0 saturated carbocycles. The number of nitrogens with zero attached hydrogens (tertiary/aromatic N) is 4. The molecule has 2 amide bonds. The molecule has 1 aromatic carbocycles. The van der Waals surface area contributed by atoms with Gasteiger partial charge in [0.1, 0.15) is 0 Å². The van der Waals surface area contributed by atoms with Crippen molar-refractivity contribution in [3.8, 4) is 0 Å². The van der Waals surface area contributed by atoms with Crippen molar-refractivity contribution < 1.29 is 22.7 Å². The molecule has 0 unspecified atom stereocenters. The van der Waals surface area contributed by atoms with Crippen LogP contribution in [0.2, 0.25) is 0 Å². The fraction of sp³-hybridized carbons (Fsp3) is 0.636. The highest BCUT2D eigenvalue weighted by Crippen LogP contribution is 2.24. The fourth-order valence-corrected chi connectivity index (χ4v) is 6.00. The maximum Gasteiger partial charge on any atom is 0.254 e. The van der Waals surface area contributed by atoms with Crippen LogP contribution in [-0.2, 0) is 19.6 Å². The van der Waals surface area contributed by atoms with Crippen LogP contribution in [0.3, 0.4) is 0 Å². The number of amides is 2. The Bertz CT molecular complexity index is 947. The Hall–Kier alpha value is -2.01. The zero-order valence-corrected chi connectivity index (χ0v) is 19.5. The first kappa shape index (κ1) is 23.2. The average Bonchev–Trinajstić information content (AvgIpc) is 3.36. The maximum absolute atomic E-state index is 13.2. The van der Waals surface area contributed by atoms with Crippen molar-refractivity contribution in [2.24, 2.45) is 0 Å². The molecule has 0 radical (unpaired) electrons. The van der Waals surface area contributed by atoms with Crippen LogP contribution in [0.5, 0.6) is 0 Å². The summed E-state index contributed by atoms with van der Waals surface area (Å²) < 4.78 is 32.6. The topological polar surface area (TPSA) is 90.5 Å². The van der Waals surface area contributed by atoms with E-state index < -0.39 is 10.0 Å². The zero-order valence-electron chi connectivity index (χ0n) is 18.7. The van der Waals surface area contributed by atoms with E-state index in [9.17, 15) is 18.0 Å². The van der Waals surface area contributed by atoms with Crippen molar-refractivity contribution in [1.82, 2.24) is 19.0 Å². The number of rotatable bonds is 5. The van der Waals surface area contributed by atoms with E-state index in [1.165, 1.54) is 10.4 Å². The number of hydrogen-bond acceptors (Lipinski definition) is 6. The normalized spacial score (nSPS) is 21.2. The van der Waals surface area contributed by atoms with Gasteiger partial charge in [-0.1, -0.05) is 6.07 Å². The van der Waals surface area contributed by atoms with Crippen LogP contribution in [-0.4, -0.2) is 111 Å². The molecule has 0 spiro atoms. The van der Waals surface area contributed by atoms with Crippen LogP contribution in [0.4, 0.5) is 0 Å². The van der Waals surface area contributed by atoms with E-state index >= 15 is 0 Å². The standard InChI is InChI=1S/C22H32N4O5S/c1-18-4-5-19(32(29,30)26-6-2-3-7-26)16-20(18)22(28)25-10-8-23(9-11-25)17-21(27)24-12-14-31-15-13-24/h4-5,16H,2-3,6-15,17H2,1H3. The summed E-state index contributed by atoms with van der Waals surface area (Å²) in [5.74, 6) is -0.0520. The molecule has 10 heteroatoms. The number of morpholine rings is 1. The quantitative estimate of drug-likeness (QED) is 0.627. The summed E-state index contributed by atoms with van der Waals surface area (Å²) in [6.45, 7) is 7.94. The van der Waals surface area contributed by atoms with Gasteiger partial charge in [0, 0.05) is 57.9 Å². The molecule has 176 valence electrons. The largest absolute Gasteiger partial charge is 0.378 e. The van der Waals surface area contributed by atoms with Crippen LogP contribution in [0.1, 0.15) is 28.8 Å². The number of carbonyl (C=O) groups is 2. The van der Waals surface area contributed by atoms with Gasteiger partial charge in [0.25, 0.3) is 5.91 Å². The third-order valence-corrected chi connectivity index (χ3v) is 8.42. The summed E-state index contributed by atoms with van der Waals surface area (Å²) in [5, 5.41) is 0. The van der Waals surface area contributed by atoms with Crippen LogP contribution in [0, 0.1) is 6.92 Å². The molecule has 0 N–H and O–H groups in total. The first-order valence-corrected chi connectivity index (χ1v) is 12.8. The lowest BCUT2D eigenvalue weighted by Gasteiger charge is -2.36. The van der Waals surface area contributed by atoms with Crippen LogP contribution in [0.25, 0.3) is 0 Å². The highest BCUT2D eigenvalue weighted by Gasteiger charge is 2.30. The molecule has 3 aliphatic rings. The van der Waals surface area contributed by atoms with Gasteiger partial charge in [0.15, 0.2) is 0 Å². The van der Waals surface area contributed by atoms with Gasteiger partial charge in [-0.25, -0.2) is 8.42 Å². The van der Waals surface area contributed by atoms with Gasteiger partial charge < -0.3 is 14.5 Å². The predicted molar refractivity (Wildman–Crippen MR) is 119 cm³/mol. The predicted octanol–water partition coefficient (Wildman–Crippen LogP) is 0.396. The molecule has 0 bridgehead atoms. The van der Waals surface area contributed by atoms with Gasteiger partial charge in [0.05, 0.1) is 24.7 Å². The monoisotopic (exact) mass is 464 g/mol. The Morgan fingerprint density at radius 1 is 0.906 bits per heavy atom. The van der Waals surface area contributed by atoms with Crippen LogP contribution < -0.4 is 0 Å². The molecule has 0 aromatic heterocycles. The summed E-state index contributed by atoms with van der Waals surface area (Å²) in [6, 6.07) is 4.84. The van der Waals surface area contributed by atoms with Gasteiger partial charge >= 0.3 is 0 Å². The highest BCUT2D eigenvalue weighted by atomic mass is 32.2. The molecule has 0 aliphatic carbocycles. The third kappa shape index (κ3) is 4.98. The van der Waals surface area contributed by atoms with E-state index in [0.717, 1.165) is 18.4 Å². The minimum atomic E-state index is -3.57. The van der Waals surface area contributed by atoms with Crippen molar-refractivity contribution in [2.75, 3.05) is 72.1 Å². The second-order valence-electron chi connectivity index (χ2n) is 8.65. The molecule has 3 fully saturated rings. The zero-order chi connectivity index (χ0) is 22.7. The SMILES string of the molecule is Cc1ccc(S(=O)(=O)N2CCCC2)cc1C(=O)N1CCN(CC(=O)N2CCOCC2)CC1. The van der Waals surface area contributed by atoms with E-state index in [4.69, 9.17) is 4.74 Å². The van der Waals surface area contributed by atoms with Crippen molar-refractivity contribution in [2.45, 2.75) is 24.7 Å². The first-order chi connectivity index (χ1) is 15.4. The number of hydrogen-bond donors (Lipinski definition) is 0. The molecule has 0 atom stereocenters. The van der Waals surface area contributed by atoms with E-state index in [1.807, 2.05) is 11.8 Å². The minimum Gasteiger partial charge on any atom is -0.378 e. The summed E-state index contributed by atoms with van der Waals surface area (Å²) in [7, 11) is -3.57. The first-order valence-electron chi connectivity index (χ1n) is 11.3. The smallest absolute Gasteiger partial charge is 0.254 e. The summed E-state index contributed by atoms with van der Waals surface area (Å²) in [6.07, 6.45) is 1.74. The molecular formula is C22H32N4O5S. The molecule has 3 heterocycles. The molecule has 1 aromatic rings. The lowest BCUT2D eigenvalue weighted by Crippen LogP contribution is -2.52. The Labute approximate surface area is 189 Å². The van der Waals surface area contributed by atoms with Crippen molar-refractivity contribution in [3.05, 3.63) is 29.3 Å². The number of ether oxygens (including phenoxy) is 1. The molecule has 32 heavy (non-hydrogen) atoms. The molecule has 3 aliphatic heterocycles. The van der Waals surface area contributed by atoms with Gasteiger partial charge in [-0.3, -0.25) is 14.5 Å². The minimum absolute atomic E-state index is 0.101. The van der Waals surface area contributed by atoms with Gasteiger partial charge in [-0.05, 0) is 37.5 Å². The average molecular weight is 465 g/mol. The summed E-state index contributed by atoms with van der Waals surface area (Å²) in [4.78, 5) is 31.5. The highest BCUT2D eigenvalue weighted by molar-refractivity contribution is 7.89. The number of benzene rings is 1. The van der Waals surface area contributed by atoms with E-state index in [-0.39, 0.29) is 16.7 Å². The van der Waals surface area contributed by atoms with E-state index in [1.54, 1.807) is 17.0 Å². The van der Waals surface area contributed by atoms with Gasteiger partial charge in [-0.2, -0.15) is 4.31 Å². The lowest BCUT2D eigenvalue weighted by molar-refractivity contribution is -0.136. The second-order valence-corrected chi connectivity index (χ2v) is 10.6. The number of sulfonamides is 1. The summed E-state index contributed by atoms with van der Waals surface area (Å²) >= 11 is 0. The lowest BCUT2D eigenvalue weighted by atomic mass is 10.1. The van der Waals surface area contributed by atoms with Gasteiger partial charge in [0.2, 0.25) is 15.9 Å². The Balaban J connectivity index is 1.38. The number of piperazine rings is 1. The number of aryl methyl sites for hydroxylation is 1. The Morgan fingerprint density at radius 3 is 2.22 bits per heavy atom. The van der Waals surface area contributed by atoms with Crippen molar-refractivity contribution in [3.63, 3.8) is 0 Å². The third-order valence-electron chi connectivity index (χ3n) is 6.52. The van der Waals surface area contributed by atoms with Crippen LogP contribution >= 0.6 is 0 Å². The Morgan fingerprint density at radius 2 is 1.56 bits per heavy atom. The molecule has 9 nitrogen and oxygen atoms in total. The number of carbonyl (C=O) groups excluding carboxylic acids is 2. The molecule has 3 saturated heterocycles. The van der Waals surface area contributed by atoms with Crippen molar-refractivity contribution in [1.29, 1.82) is 0 Å². The maximum atomic E-state index is 13.2. The van der Waals surface area contributed by atoms with E-state index in [0.29, 0.717) is 77.7 Å². The van der Waals surface area contributed by atoms with E-state index in [2.05, 4.69) is 4.90 Å². The Kier molecular flexibility index (Phi) is 7.14. The van der Waals surface area contributed by atoms with Gasteiger partial charge in [-0.15, -0.1) is 0 Å².